The van der Waals surface area contributed by atoms with Crippen LogP contribution in [0.1, 0.15) is 24.5 Å². The van der Waals surface area contributed by atoms with E-state index in [-0.39, 0.29) is 11.7 Å². The van der Waals surface area contributed by atoms with Gasteiger partial charge in [-0.15, -0.1) is 0 Å². The summed E-state index contributed by atoms with van der Waals surface area (Å²) >= 11 is 0. The Hall–Kier alpha value is -1.46. The molecule has 0 bridgehead atoms. The number of hydrogen-bond donors (Lipinski definition) is 1. The Kier molecular flexibility index (Phi) is 3.03. The van der Waals surface area contributed by atoms with Gasteiger partial charge >= 0.3 is 0 Å². The van der Waals surface area contributed by atoms with Gasteiger partial charge in [-0.05, 0) is 18.9 Å². The fraction of sp³-hybridized carbons (Fsp3) is 0.500. The van der Waals surface area contributed by atoms with E-state index in [0.717, 1.165) is 12.8 Å². The van der Waals surface area contributed by atoms with Crippen molar-refractivity contribution in [3.05, 3.63) is 35.6 Å². The van der Waals surface area contributed by atoms with Crippen LogP contribution in [0.4, 0.5) is 4.39 Å². The number of halogens is 1. The van der Waals surface area contributed by atoms with Crippen LogP contribution < -0.4 is 5.73 Å². The number of nitrogens with zero attached hydrogens (tertiary/aromatic N) is 1. The molecule has 1 aromatic carbocycles. The summed E-state index contributed by atoms with van der Waals surface area (Å²) in [4.78, 5) is 13.9. The van der Waals surface area contributed by atoms with Crippen LogP contribution in [-0.4, -0.2) is 36.0 Å². The maximum Gasteiger partial charge on any atom is 0.242 e. The number of nitrogens with two attached hydrogens (primary N) is 1. The van der Waals surface area contributed by atoms with Gasteiger partial charge in [-0.2, -0.15) is 0 Å². The molecular formula is C14H17FN2O2. The first-order valence-electron chi connectivity index (χ1n) is 6.54. The van der Waals surface area contributed by atoms with Gasteiger partial charge in [0.15, 0.2) is 0 Å². The highest BCUT2D eigenvalue weighted by atomic mass is 19.1. The van der Waals surface area contributed by atoms with E-state index in [4.69, 9.17) is 10.5 Å². The maximum absolute atomic E-state index is 13.7. The lowest BCUT2D eigenvalue weighted by molar-refractivity contribution is -0.141. The van der Waals surface area contributed by atoms with Gasteiger partial charge in [0.25, 0.3) is 0 Å². The van der Waals surface area contributed by atoms with Crippen molar-refractivity contribution in [2.75, 3.05) is 19.7 Å². The molecule has 4 nitrogen and oxygen atoms in total. The molecule has 0 aromatic heterocycles. The highest BCUT2D eigenvalue weighted by Crippen LogP contribution is 2.35. The van der Waals surface area contributed by atoms with E-state index in [9.17, 15) is 9.18 Å². The summed E-state index contributed by atoms with van der Waals surface area (Å²) in [5, 5.41) is 0. The zero-order valence-electron chi connectivity index (χ0n) is 10.6. The SMILES string of the molecule is NC1(C(=O)N2CCO[C@@H](c3ccccc3F)C2)CC1. The Morgan fingerprint density at radius 2 is 2.16 bits per heavy atom. The van der Waals surface area contributed by atoms with Crippen LogP contribution in [-0.2, 0) is 9.53 Å². The second-order valence-electron chi connectivity index (χ2n) is 5.29. The van der Waals surface area contributed by atoms with E-state index in [1.54, 1.807) is 23.1 Å². The van der Waals surface area contributed by atoms with Gasteiger partial charge in [-0.3, -0.25) is 4.79 Å². The molecule has 19 heavy (non-hydrogen) atoms. The second-order valence-corrected chi connectivity index (χ2v) is 5.29. The highest BCUT2D eigenvalue weighted by Gasteiger charge is 2.48. The smallest absolute Gasteiger partial charge is 0.242 e. The van der Waals surface area contributed by atoms with E-state index in [0.29, 0.717) is 25.3 Å². The Morgan fingerprint density at radius 3 is 2.84 bits per heavy atom. The summed E-state index contributed by atoms with van der Waals surface area (Å²) in [5.41, 5.74) is 5.76. The van der Waals surface area contributed by atoms with Gasteiger partial charge in [-0.1, -0.05) is 18.2 Å². The average molecular weight is 264 g/mol. The van der Waals surface area contributed by atoms with Gasteiger partial charge in [0.1, 0.15) is 11.9 Å². The summed E-state index contributed by atoms with van der Waals surface area (Å²) < 4.78 is 19.3. The molecule has 5 heteroatoms. The first-order valence-corrected chi connectivity index (χ1v) is 6.54. The topological polar surface area (TPSA) is 55.6 Å². The van der Waals surface area contributed by atoms with Crippen molar-refractivity contribution in [3.8, 4) is 0 Å². The molecule has 3 rings (SSSR count). The molecule has 1 heterocycles. The molecule has 1 atom stereocenters. The molecule has 1 aliphatic heterocycles. The second kappa shape index (κ2) is 4.58. The Bertz CT molecular complexity index is 502. The lowest BCUT2D eigenvalue weighted by atomic mass is 10.1. The van der Waals surface area contributed by atoms with E-state index < -0.39 is 11.6 Å². The van der Waals surface area contributed by atoms with E-state index >= 15 is 0 Å². The zero-order valence-corrected chi connectivity index (χ0v) is 10.6. The third-order valence-electron chi connectivity index (χ3n) is 3.82. The van der Waals surface area contributed by atoms with Gasteiger partial charge in [0.2, 0.25) is 5.91 Å². The maximum atomic E-state index is 13.7. The first-order chi connectivity index (χ1) is 9.10. The quantitative estimate of drug-likeness (QED) is 0.873. The molecule has 2 aliphatic rings. The number of amides is 1. The van der Waals surface area contributed by atoms with E-state index in [1.165, 1.54) is 6.07 Å². The summed E-state index contributed by atoms with van der Waals surface area (Å²) in [6.07, 6.45) is 1.09. The number of carbonyl (C=O) groups is 1. The Labute approximate surface area is 111 Å². The predicted octanol–water partition coefficient (Wildman–Crippen LogP) is 1.22. The summed E-state index contributed by atoms with van der Waals surface area (Å²) in [6.45, 7) is 1.32. The van der Waals surface area contributed by atoms with Crippen LogP contribution in [0.15, 0.2) is 24.3 Å². The number of carbonyl (C=O) groups excluding carboxylic acids is 1. The van der Waals surface area contributed by atoms with Crippen molar-refractivity contribution in [2.24, 2.45) is 5.73 Å². The summed E-state index contributed by atoms with van der Waals surface area (Å²) in [7, 11) is 0. The largest absolute Gasteiger partial charge is 0.370 e. The molecule has 0 spiro atoms. The predicted molar refractivity (Wildman–Crippen MR) is 67.8 cm³/mol. The van der Waals surface area contributed by atoms with Crippen LogP contribution >= 0.6 is 0 Å². The standard InChI is InChI=1S/C14H17FN2O2/c15-11-4-2-1-3-10(11)12-9-17(7-8-19-12)13(18)14(16)5-6-14/h1-4,12H,5-9,16H2/t12-/m1/s1. The molecule has 2 fully saturated rings. The van der Waals surface area contributed by atoms with Crippen molar-refractivity contribution in [1.29, 1.82) is 0 Å². The normalized spacial score (nSPS) is 25.2. The van der Waals surface area contributed by atoms with Crippen molar-refractivity contribution in [2.45, 2.75) is 24.5 Å². The lowest BCUT2D eigenvalue weighted by Crippen LogP contribution is -2.50. The van der Waals surface area contributed by atoms with Gasteiger partial charge in [0.05, 0.1) is 18.7 Å². The molecule has 1 saturated carbocycles. The molecule has 0 radical (unpaired) electrons. The van der Waals surface area contributed by atoms with Crippen molar-refractivity contribution in [3.63, 3.8) is 0 Å². The minimum Gasteiger partial charge on any atom is -0.370 e. The van der Waals surface area contributed by atoms with E-state index in [1.807, 2.05) is 0 Å². The number of morpholine rings is 1. The lowest BCUT2D eigenvalue weighted by Gasteiger charge is -2.34. The minimum atomic E-state index is -0.670. The molecule has 102 valence electrons. The van der Waals surface area contributed by atoms with Crippen molar-refractivity contribution in [1.82, 2.24) is 4.90 Å². The Morgan fingerprint density at radius 1 is 1.42 bits per heavy atom. The van der Waals surface area contributed by atoms with Crippen molar-refractivity contribution < 1.29 is 13.9 Å². The third kappa shape index (κ3) is 2.35. The Balaban J connectivity index is 1.75. The summed E-state index contributed by atoms with van der Waals surface area (Å²) in [5.74, 6) is -0.326. The zero-order chi connectivity index (χ0) is 13.5. The van der Waals surface area contributed by atoms with E-state index in [2.05, 4.69) is 0 Å². The molecule has 1 aromatic rings. The first kappa shape index (κ1) is 12.6. The third-order valence-corrected chi connectivity index (χ3v) is 3.82. The average Bonchev–Trinajstić information content (AvgIpc) is 3.18. The van der Waals surface area contributed by atoms with Crippen LogP contribution in [0.5, 0.6) is 0 Å². The molecule has 1 aliphatic carbocycles. The fourth-order valence-electron chi connectivity index (χ4n) is 2.42. The molecular weight excluding hydrogens is 247 g/mol. The molecule has 1 amide bonds. The van der Waals surface area contributed by atoms with Crippen molar-refractivity contribution >= 4 is 5.91 Å². The van der Waals surface area contributed by atoms with Gasteiger partial charge in [-0.25, -0.2) is 4.39 Å². The van der Waals surface area contributed by atoms with Crippen LogP contribution in [0.2, 0.25) is 0 Å². The number of benzene rings is 1. The number of rotatable bonds is 2. The number of hydrogen-bond acceptors (Lipinski definition) is 3. The minimum absolute atomic E-state index is 0.0304. The highest BCUT2D eigenvalue weighted by molar-refractivity contribution is 5.89. The van der Waals surface area contributed by atoms with Gasteiger partial charge in [0, 0.05) is 12.1 Å². The van der Waals surface area contributed by atoms with Crippen LogP contribution in [0, 0.1) is 5.82 Å². The monoisotopic (exact) mass is 264 g/mol. The van der Waals surface area contributed by atoms with Crippen LogP contribution in [0.3, 0.4) is 0 Å². The number of ether oxygens (including phenoxy) is 1. The molecule has 2 N–H and O–H groups in total. The van der Waals surface area contributed by atoms with Gasteiger partial charge < -0.3 is 15.4 Å². The van der Waals surface area contributed by atoms with Crippen LogP contribution in [0.25, 0.3) is 0 Å². The fourth-order valence-corrected chi connectivity index (χ4v) is 2.42. The molecule has 0 unspecified atom stereocenters. The summed E-state index contributed by atoms with van der Waals surface area (Å²) in [6, 6.07) is 6.52. The molecule has 1 saturated heterocycles.